The number of nitrogens with one attached hydrogen (secondary N) is 1. The van der Waals surface area contributed by atoms with E-state index < -0.39 is 0 Å². The van der Waals surface area contributed by atoms with Gasteiger partial charge in [0, 0.05) is 24.1 Å². The molecule has 118 valence electrons. The Labute approximate surface area is 129 Å². The Morgan fingerprint density at radius 3 is 2.77 bits per heavy atom. The normalized spacial score (nSPS) is 10.6. The molecule has 0 aliphatic carbocycles. The molecule has 0 radical (unpaired) electrons. The molecule has 1 N–H and O–H groups in total. The summed E-state index contributed by atoms with van der Waals surface area (Å²) >= 11 is 0. The summed E-state index contributed by atoms with van der Waals surface area (Å²) in [4.78, 5) is 23.1. The first-order valence-electron chi connectivity index (χ1n) is 7.60. The lowest BCUT2D eigenvalue weighted by Gasteiger charge is -2.08. The fraction of sp³-hybridized carbons (Fsp3) is 0.412. The minimum absolute atomic E-state index is 0.0512. The van der Waals surface area contributed by atoms with E-state index in [1.54, 1.807) is 12.1 Å². The van der Waals surface area contributed by atoms with Crippen LogP contribution in [0.2, 0.25) is 0 Å². The smallest absolute Gasteiger partial charge is 0.336 e. The molecule has 0 aliphatic rings. The zero-order valence-corrected chi connectivity index (χ0v) is 13.0. The number of benzene rings is 1. The van der Waals surface area contributed by atoms with Crippen LogP contribution < -0.4 is 15.7 Å². The van der Waals surface area contributed by atoms with Crippen LogP contribution in [0.5, 0.6) is 5.75 Å². The van der Waals surface area contributed by atoms with Crippen LogP contribution in [0.25, 0.3) is 11.0 Å². The SMILES string of the molecule is CCCNC(=O)COc1ccc2c(CCC)cc(=O)oc2c1. The van der Waals surface area contributed by atoms with E-state index >= 15 is 0 Å². The van der Waals surface area contributed by atoms with Gasteiger partial charge < -0.3 is 14.5 Å². The van der Waals surface area contributed by atoms with Crippen LogP contribution in [0.4, 0.5) is 0 Å². The van der Waals surface area contributed by atoms with Gasteiger partial charge in [-0.15, -0.1) is 0 Å². The second-order valence-corrected chi connectivity index (χ2v) is 5.14. The zero-order chi connectivity index (χ0) is 15.9. The summed E-state index contributed by atoms with van der Waals surface area (Å²) in [6.45, 7) is 4.63. The standard InChI is InChI=1S/C17H21NO4/c1-3-5-12-9-17(20)22-15-10-13(6-7-14(12)15)21-11-16(19)18-8-4-2/h6-7,9-10H,3-5,8,11H2,1-2H3,(H,18,19). The highest BCUT2D eigenvalue weighted by atomic mass is 16.5. The van der Waals surface area contributed by atoms with E-state index in [0.29, 0.717) is 17.9 Å². The van der Waals surface area contributed by atoms with Crippen molar-refractivity contribution < 1.29 is 13.9 Å². The molecule has 1 amide bonds. The highest BCUT2D eigenvalue weighted by Crippen LogP contribution is 2.23. The van der Waals surface area contributed by atoms with Gasteiger partial charge in [0.2, 0.25) is 0 Å². The maximum atomic E-state index is 11.6. The Kier molecular flexibility index (Phi) is 5.58. The number of carbonyl (C=O) groups is 1. The first-order valence-corrected chi connectivity index (χ1v) is 7.60. The molecule has 0 atom stereocenters. The van der Waals surface area contributed by atoms with E-state index in [2.05, 4.69) is 12.2 Å². The summed E-state index contributed by atoms with van der Waals surface area (Å²) in [5.41, 5.74) is 1.09. The average Bonchev–Trinajstić information content (AvgIpc) is 2.50. The van der Waals surface area contributed by atoms with Crippen molar-refractivity contribution in [1.29, 1.82) is 0 Å². The number of rotatable bonds is 7. The van der Waals surface area contributed by atoms with Crippen LogP contribution >= 0.6 is 0 Å². The lowest BCUT2D eigenvalue weighted by molar-refractivity contribution is -0.123. The summed E-state index contributed by atoms with van der Waals surface area (Å²) < 4.78 is 10.7. The van der Waals surface area contributed by atoms with Crippen LogP contribution in [0.15, 0.2) is 33.5 Å². The molecule has 0 bridgehead atoms. The molecule has 1 aromatic carbocycles. The van der Waals surface area contributed by atoms with Gasteiger partial charge in [0.25, 0.3) is 5.91 Å². The fourth-order valence-corrected chi connectivity index (χ4v) is 2.24. The molecular formula is C17H21NO4. The Hall–Kier alpha value is -2.30. The van der Waals surface area contributed by atoms with Crippen LogP contribution in [0, 0.1) is 0 Å². The minimum Gasteiger partial charge on any atom is -0.484 e. The number of hydrogen-bond acceptors (Lipinski definition) is 4. The number of aryl methyl sites for hydroxylation is 1. The van der Waals surface area contributed by atoms with Crippen molar-refractivity contribution in [3.05, 3.63) is 40.2 Å². The molecule has 2 aromatic rings. The van der Waals surface area contributed by atoms with Gasteiger partial charge in [0.05, 0.1) is 0 Å². The van der Waals surface area contributed by atoms with Crippen molar-refractivity contribution in [2.45, 2.75) is 33.1 Å². The molecule has 5 heteroatoms. The number of hydrogen-bond donors (Lipinski definition) is 1. The van der Waals surface area contributed by atoms with E-state index in [-0.39, 0.29) is 18.1 Å². The Morgan fingerprint density at radius 1 is 1.23 bits per heavy atom. The van der Waals surface area contributed by atoms with E-state index in [0.717, 1.165) is 30.2 Å². The summed E-state index contributed by atoms with van der Waals surface area (Å²) in [6.07, 6.45) is 2.66. The molecule has 0 unspecified atom stereocenters. The molecule has 0 saturated carbocycles. The summed E-state index contributed by atoms with van der Waals surface area (Å²) in [7, 11) is 0. The molecule has 22 heavy (non-hydrogen) atoms. The fourth-order valence-electron chi connectivity index (χ4n) is 2.24. The molecular weight excluding hydrogens is 282 g/mol. The summed E-state index contributed by atoms with van der Waals surface area (Å²) in [6, 6.07) is 6.84. The van der Waals surface area contributed by atoms with Gasteiger partial charge in [-0.2, -0.15) is 0 Å². The highest BCUT2D eigenvalue weighted by molar-refractivity contribution is 5.82. The molecule has 0 fully saturated rings. The lowest BCUT2D eigenvalue weighted by Crippen LogP contribution is -2.29. The Bertz CT molecular complexity index is 705. The van der Waals surface area contributed by atoms with E-state index in [1.807, 2.05) is 13.0 Å². The van der Waals surface area contributed by atoms with Gasteiger partial charge in [0.15, 0.2) is 6.61 Å². The molecule has 2 rings (SSSR count). The third-order valence-corrected chi connectivity index (χ3v) is 3.26. The number of fused-ring (bicyclic) bond motifs is 1. The third-order valence-electron chi connectivity index (χ3n) is 3.26. The van der Waals surface area contributed by atoms with Gasteiger partial charge in [-0.25, -0.2) is 4.79 Å². The van der Waals surface area contributed by atoms with Crippen molar-refractivity contribution in [1.82, 2.24) is 5.32 Å². The maximum absolute atomic E-state index is 11.6. The van der Waals surface area contributed by atoms with Gasteiger partial charge >= 0.3 is 5.63 Å². The molecule has 0 aliphatic heterocycles. The van der Waals surface area contributed by atoms with E-state index in [1.165, 1.54) is 6.07 Å². The maximum Gasteiger partial charge on any atom is 0.336 e. The number of ether oxygens (including phenoxy) is 1. The quantitative estimate of drug-likeness (QED) is 0.798. The van der Waals surface area contributed by atoms with Crippen LogP contribution in [0.1, 0.15) is 32.3 Å². The largest absolute Gasteiger partial charge is 0.484 e. The predicted molar refractivity (Wildman–Crippen MR) is 85.3 cm³/mol. The monoisotopic (exact) mass is 303 g/mol. The molecule has 1 aromatic heterocycles. The summed E-state index contributed by atoms with van der Waals surface area (Å²) in [5, 5.41) is 3.64. The van der Waals surface area contributed by atoms with Crippen molar-refractivity contribution >= 4 is 16.9 Å². The Morgan fingerprint density at radius 2 is 2.05 bits per heavy atom. The first kappa shape index (κ1) is 16.1. The van der Waals surface area contributed by atoms with Crippen LogP contribution in [-0.4, -0.2) is 19.1 Å². The molecule has 0 spiro atoms. The second kappa shape index (κ2) is 7.64. The number of carbonyl (C=O) groups excluding carboxylic acids is 1. The second-order valence-electron chi connectivity index (χ2n) is 5.14. The minimum atomic E-state index is -0.367. The van der Waals surface area contributed by atoms with Gasteiger partial charge in [0.1, 0.15) is 11.3 Å². The van der Waals surface area contributed by atoms with Crippen molar-refractivity contribution in [3.8, 4) is 5.75 Å². The average molecular weight is 303 g/mol. The third kappa shape index (κ3) is 4.10. The predicted octanol–water partition coefficient (Wildman–Crippen LogP) is 2.65. The van der Waals surface area contributed by atoms with Crippen LogP contribution in [-0.2, 0) is 11.2 Å². The molecule has 5 nitrogen and oxygen atoms in total. The van der Waals surface area contributed by atoms with Gasteiger partial charge in [-0.3, -0.25) is 4.79 Å². The molecule has 0 saturated heterocycles. The van der Waals surface area contributed by atoms with Crippen molar-refractivity contribution in [2.24, 2.45) is 0 Å². The van der Waals surface area contributed by atoms with Gasteiger partial charge in [-0.1, -0.05) is 20.3 Å². The zero-order valence-electron chi connectivity index (χ0n) is 13.0. The van der Waals surface area contributed by atoms with Gasteiger partial charge in [-0.05, 0) is 30.5 Å². The van der Waals surface area contributed by atoms with Crippen molar-refractivity contribution in [2.75, 3.05) is 13.2 Å². The topological polar surface area (TPSA) is 68.5 Å². The highest BCUT2D eigenvalue weighted by Gasteiger charge is 2.08. The molecule has 1 heterocycles. The van der Waals surface area contributed by atoms with Crippen LogP contribution in [0.3, 0.4) is 0 Å². The summed E-state index contributed by atoms with van der Waals surface area (Å²) in [5.74, 6) is 0.346. The lowest BCUT2D eigenvalue weighted by atomic mass is 10.1. The van der Waals surface area contributed by atoms with Crippen molar-refractivity contribution in [3.63, 3.8) is 0 Å². The Balaban J connectivity index is 2.16. The van der Waals surface area contributed by atoms with E-state index in [9.17, 15) is 9.59 Å². The first-order chi connectivity index (χ1) is 10.6. The van der Waals surface area contributed by atoms with E-state index in [4.69, 9.17) is 9.15 Å². The number of amides is 1.